The van der Waals surface area contributed by atoms with Crippen molar-refractivity contribution in [1.29, 1.82) is 0 Å². The first kappa shape index (κ1) is 32.9. The smallest absolute Gasteiger partial charge is 0.343 e. The van der Waals surface area contributed by atoms with Gasteiger partial charge in [0.25, 0.3) is 0 Å². The predicted molar refractivity (Wildman–Crippen MR) is 170 cm³/mol. The topological polar surface area (TPSA) is 85.3 Å². The Labute approximate surface area is 261 Å². The Morgan fingerprint density at radius 2 is 1.98 bits per heavy atom. The van der Waals surface area contributed by atoms with E-state index in [4.69, 9.17) is 25.8 Å². The number of anilines is 1. The molecule has 0 aromatic heterocycles. The zero-order valence-corrected chi connectivity index (χ0v) is 26.8. The molecule has 3 atom stereocenters. The van der Waals surface area contributed by atoms with Crippen LogP contribution in [-0.2, 0) is 36.5 Å². The van der Waals surface area contributed by atoms with Crippen molar-refractivity contribution in [1.82, 2.24) is 0 Å². The number of methoxy groups -OCH3 is 1. The minimum Gasteiger partial charge on any atom is -0.490 e. The van der Waals surface area contributed by atoms with Crippen LogP contribution in [-0.4, -0.2) is 50.5 Å². The second-order valence-electron chi connectivity index (χ2n) is 12.5. The fourth-order valence-corrected chi connectivity index (χ4v) is 6.60. The number of unbranched alkanes of at least 4 members (excludes halogenated alkanes) is 3. The van der Waals surface area contributed by atoms with Crippen molar-refractivity contribution >= 4 is 29.2 Å². The average Bonchev–Trinajstić information content (AvgIpc) is 3.15. The second kappa shape index (κ2) is 14.2. The van der Waals surface area contributed by atoms with Gasteiger partial charge in [-0.2, -0.15) is 0 Å². The number of allylic oxidation sites excluding steroid dienone is 1. The fourth-order valence-electron chi connectivity index (χ4n) is 6.40. The van der Waals surface area contributed by atoms with E-state index in [1.165, 1.54) is 25.2 Å². The molecule has 7 nitrogen and oxygen atoms in total. The first-order chi connectivity index (χ1) is 20.6. The molecule has 43 heavy (non-hydrogen) atoms. The first-order valence-electron chi connectivity index (χ1n) is 15.4. The third-order valence-corrected chi connectivity index (χ3v) is 9.08. The summed E-state index contributed by atoms with van der Waals surface area (Å²) in [7, 11) is 1.21. The molecule has 234 valence electrons. The normalized spacial score (nSPS) is 19.8. The van der Waals surface area contributed by atoms with Crippen LogP contribution in [0.4, 0.5) is 5.69 Å². The zero-order valence-electron chi connectivity index (χ0n) is 26.0. The summed E-state index contributed by atoms with van der Waals surface area (Å²) < 4.78 is 17.0. The molecule has 8 heteroatoms. The number of fused-ring (bicyclic) bond motifs is 3. The molecular weight excluding hydrogens is 566 g/mol. The Morgan fingerprint density at radius 1 is 1.19 bits per heavy atom. The van der Waals surface area contributed by atoms with Gasteiger partial charge in [0, 0.05) is 23.5 Å². The van der Waals surface area contributed by atoms with Crippen molar-refractivity contribution in [3.63, 3.8) is 0 Å². The van der Waals surface area contributed by atoms with E-state index in [1.54, 1.807) is 18.2 Å². The lowest BCUT2D eigenvalue weighted by Crippen LogP contribution is -2.47. The highest BCUT2D eigenvalue weighted by Crippen LogP contribution is 2.46. The number of rotatable bonds is 12. The summed E-state index contributed by atoms with van der Waals surface area (Å²) in [6.07, 6.45) is 8.96. The molecule has 1 aliphatic carbocycles. The summed E-state index contributed by atoms with van der Waals surface area (Å²) in [6, 6.07) is 11.4. The van der Waals surface area contributed by atoms with Crippen LogP contribution in [0.2, 0.25) is 5.02 Å². The van der Waals surface area contributed by atoms with Crippen LogP contribution in [0, 0.1) is 11.8 Å². The lowest BCUT2D eigenvalue weighted by Gasteiger charge is -2.41. The molecule has 2 aliphatic rings. The largest absolute Gasteiger partial charge is 0.490 e. The van der Waals surface area contributed by atoms with E-state index in [0.717, 1.165) is 62.2 Å². The van der Waals surface area contributed by atoms with E-state index in [0.29, 0.717) is 18.9 Å². The van der Waals surface area contributed by atoms with Gasteiger partial charge in [-0.1, -0.05) is 50.1 Å². The number of halogens is 1. The summed E-state index contributed by atoms with van der Waals surface area (Å²) >= 11 is 6.39. The van der Waals surface area contributed by atoms with Crippen molar-refractivity contribution < 1.29 is 28.9 Å². The Kier molecular flexibility index (Phi) is 10.8. The van der Waals surface area contributed by atoms with Crippen molar-refractivity contribution in [3.05, 3.63) is 70.8 Å². The lowest BCUT2D eigenvalue weighted by molar-refractivity contribution is -0.180. The highest BCUT2D eigenvalue weighted by molar-refractivity contribution is 6.30. The van der Waals surface area contributed by atoms with Gasteiger partial charge in [-0.3, -0.25) is 4.79 Å². The minimum atomic E-state index is -2.24. The van der Waals surface area contributed by atoms with E-state index in [-0.39, 0.29) is 23.5 Å². The maximum Gasteiger partial charge on any atom is 0.343 e. The number of esters is 2. The monoisotopic (exact) mass is 611 g/mol. The lowest BCUT2D eigenvalue weighted by atomic mass is 9.70. The summed E-state index contributed by atoms with van der Waals surface area (Å²) in [5.41, 5.74) is 1.08. The third-order valence-electron chi connectivity index (χ3n) is 8.85. The summed E-state index contributed by atoms with van der Waals surface area (Å²) in [5.74, 6) is -1.99. The molecule has 1 spiro atoms. The fraction of sp³-hybridized carbons (Fsp3) is 0.543. The van der Waals surface area contributed by atoms with Crippen molar-refractivity contribution in [2.45, 2.75) is 76.7 Å². The summed E-state index contributed by atoms with van der Waals surface area (Å²) in [6.45, 7) is 11.4. The molecule has 1 heterocycles. The number of nitrogens with zero attached hydrogens (tertiary/aromatic N) is 1. The van der Waals surface area contributed by atoms with Gasteiger partial charge in [0.2, 0.25) is 5.60 Å². The predicted octanol–water partition coefficient (Wildman–Crippen LogP) is 6.76. The highest BCUT2D eigenvalue weighted by atomic mass is 35.5. The Balaban J connectivity index is 1.75. The van der Waals surface area contributed by atoms with Gasteiger partial charge in [-0.25, -0.2) is 4.79 Å². The second-order valence-corrected chi connectivity index (χ2v) is 12.9. The van der Waals surface area contributed by atoms with Gasteiger partial charge in [0.05, 0.1) is 31.9 Å². The SMILES string of the molecule is C=CCCCCCN1C[C@@]2(CCCc3cc(Cl)ccc32)COc2ccc([C@@](O)(C(=O)OC)[C@@H](C)C(=O)OCC(C)C)cc21. The number of benzene rings is 2. The van der Waals surface area contributed by atoms with E-state index in [1.807, 2.05) is 26.0 Å². The van der Waals surface area contributed by atoms with E-state index in [2.05, 4.69) is 23.6 Å². The molecular formula is C35H46ClNO6. The van der Waals surface area contributed by atoms with Crippen LogP contribution in [0.5, 0.6) is 5.75 Å². The van der Waals surface area contributed by atoms with Gasteiger partial charge in [0.15, 0.2) is 0 Å². The number of carbonyl (C=O) groups is 2. The van der Waals surface area contributed by atoms with Crippen molar-refractivity contribution in [2.75, 3.05) is 38.3 Å². The maximum absolute atomic E-state index is 13.2. The molecule has 1 N–H and O–H groups in total. The van der Waals surface area contributed by atoms with Crippen LogP contribution in [0.3, 0.4) is 0 Å². The Bertz CT molecular complexity index is 1310. The number of hydrogen-bond donors (Lipinski definition) is 1. The van der Waals surface area contributed by atoms with Crippen LogP contribution in [0.25, 0.3) is 0 Å². The number of carbonyl (C=O) groups excluding carboxylic acids is 2. The van der Waals surface area contributed by atoms with Gasteiger partial charge >= 0.3 is 11.9 Å². The van der Waals surface area contributed by atoms with Crippen molar-refractivity contribution in [3.8, 4) is 5.75 Å². The molecule has 2 aromatic carbocycles. The molecule has 0 saturated heterocycles. The van der Waals surface area contributed by atoms with Crippen LogP contribution in [0.1, 0.15) is 76.0 Å². The zero-order chi connectivity index (χ0) is 31.2. The number of ether oxygens (including phenoxy) is 3. The molecule has 0 saturated carbocycles. The highest BCUT2D eigenvalue weighted by Gasteiger charge is 2.50. The number of hydrogen-bond acceptors (Lipinski definition) is 7. The van der Waals surface area contributed by atoms with E-state index < -0.39 is 23.5 Å². The molecule has 0 bridgehead atoms. The molecule has 2 aromatic rings. The van der Waals surface area contributed by atoms with Crippen LogP contribution < -0.4 is 9.64 Å². The summed E-state index contributed by atoms with van der Waals surface area (Å²) in [4.78, 5) is 28.5. The minimum absolute atomic E-state index is 0.111. The molecule has 0 radical (unpaired) electrons. The molecule has 0 amide bonds. The van der Waals surface area contributed by atoms with Gasteiger partial charge in [-0.05, 0) is 92.3 Å². The molecule has 0 fully saturated rings. The molecule has 4 rings (SSSR count). The van der Waals surface area contributed by atoms with Gasteiger partial charge in [0.1, 0.15) is 5.75 Å². The first-order valence-corrected chi connectivity index (χ1v) is 15.8. The van der Waals surface area contributed by atoms with Gasteiger partial charge < -0.3 is 24.2 Å². The standard InChI is InChI=1S/C35H46ClNO6/c1-6-7-8-9-10-18-37-22-34(17-11-12-26-19-28(36)14-15-29(26)34)23-43-31-16-13-27(20-30(31)37)35(40,33(39)41-5)25(4)32(38)42-21-24(2)3/h6,13-16,19-20,24-25,40H,1,7-12,17-18,21-23H2,2-5H3/t25-,34-,35+/m0/s1. The third kappa shape index (κ3) is 7.04. The van der Waals surface area contributed by atoms with E-state index in [9.17, 15) is 14.7 Å². The number of aliphatic hydroxyl groups is 1. The van der Waals surface area contributed by atoms with Crippen LogP contribution >= 0.6 is 11.6 Å². The Hall–Kier alpha value is -3.03. The number of aryl methyl sites for hydroxylation is 1. The van der Waals surface area contributed by atoms with Crippen molar-refractivity contribution in [2.24, 2.45) is 11.8 Å². The average molecular weight is 612 g/mol. The molecule has 1 aliphatic heterocycles. The van der Waals surface area contributed by atoms with Crippen LogP contribution in [0.15, 0.2) is 49.1 Å². The summed E-state index contributed by atoms with van der Waals surface area (Å²) in [5, 5.41) is 12.7. The van der Waals surface area contributed by atoms with E-state index >= 15 is 0 Å². The van der Waals surface area contributed by atoms with Gasteiger partial charge in [-0.15, -0.1) is 6.58 Å². The quantitative estimate of drug-likeness (QED) is 0.161. The molecule has 0 unspecified atom stereocenters. The Morgan fingerprint density at radius 3 is 2.70 bits per heavy atom. The maximum atomic E-state index is 13.2.